The Labute approximate surface area is 155 Å². The van der Waals surface area contributed by atoms with E-state index in [2.05, 4.69) is 30.7 Å². The Morgan fingerprint density at radius 3 is 2.56 bits per heavy atom. The van der Waals surface area contributed by atoms with Crippen LogP contribution < -0.4 is 5.32 Å². The third-order valence-corrected chi connectivity index (χ3v) is 6.22. The van der Waals surface area contributed by atoms with Crippen LogP contribution in [0.25, 0.3) is 11.6 Å². The lowest BCUT2D eigenvalue weighted by molar-refractivity contribution is 0.0825. The summed E-state index contributed by atoms with van der Waals surface area (Å²) in [6, 6.07) is -0.0826. The molecule has 0 saturated carbocycles. The van der Waals surface area contributed by atoms with Crippen LogP contribution in [0.5, 0.6) is 0 Å². The molecular formula is C17H23F2N7O. The molecule has 1 atom stereocenters. The molecule has 10 heteroatoms. The highest BCUT2D eigenvalue weighted by atomic mass is 19.3. The summed E-state index contributed by atoms with van der Waals surface area (Å²) in [6.45, 7) is 4.71. The first-order chi connectivity index (χ1) is 13.2. The van der Waals surface area contributed by atoms with Gasteiger partial charge in [0, 0.05) is 12.5 Å². The Bertz CT molecular complexity index is 793. The minimum atomic E-state index is -2.70. The second-order valence-electron chi connectivity index (χ2n) is 7.75. The molecule has 4 aliphatic rings. The maximum absolute atomic E-state index is 13.8. The molecule has 8 nitrogen and oxygen atoms in total. The first-order valence-corrected chi connectivity index (χ1v) is 9.71. The largest absolute Gasteiger partial charge is 0.332 e. The molecule has 27 heavy (non-hydrogen) atoms. The van der Waals surface area contributed by atoms with Gasteiger partial charge in [-0.15, -0.1) is 5.10 Å². The van der Waals surface area contributed by atoms with Gasteiger partial charge < -0.3 is 14.7 Å². The van der Waals surface area contributed by atoms with E-state index in [0.29, 0.717) is 11.7 Å². The average molecular weight is 379 g/mol. The van der Waals surface area contributed by atoms with E-state index in [1.807, 2.05) is 0 Å². The van der Waals surface area contributed by atoms with Crippen molar-refractivity contribution in [3.63, 3.8) is 0 Å². The monoisotopic (exact) mass is 379 g/mol. The highest BCUT2D eigenvalue weighted by molar-refractivity contribution is 5.50. The number of nitrogens with zero attached hydrogens (tertiary/aromatic N) is 6. The molecule has 2 aromatic heterocycles. The molecule has 1 unspecified atom stereocenters. The van der Waals surface area contributed by atoms with Gasteiger partial charge in [-0.3, -0.25) is 0 Å². The van der Waals surface area contributed by atoms with Gasteiger partial charge in [0.25, 0.3) is 12.3 Å². The van der Waals surface area contributed by atoms with Crippen molar-refractivity contribution in [1.29, 1.82) is 0 Å². The van der Waals surface area contributed by atoms with Crippen molar-refractivity contribution in [2.75, 3.05) is 32.7 Å². The molecule has 0 spiro atoms. The van der Waals surface area contributed by atoms with Crippen LogP contribution in [0.1, 0.15) is 55.6 Å². The summed E-state index contributed by atoms with van der Waals surface area (Å²) < 4.78 is 34.4. The summed E-state index contributed by atoms with van der Waals surface area (Å²) in [7, 11) is 0. The second kappa shape index (κ2) is 6.90. The molecule has 146 valence electrons. The van der Waals surface area contributed by atoms with Gasteiger partial charge in [-0.1, -0.05) is 10.4 Å². The number of rotatable bonds is 4. The lowest BCUT2D eigenvalue weighted by Gasteiger charge is -2.43. The Hall–Kier alpha value is -1.94. The summed E-state index contributed by atoms with van der Waals surface area (Å²) in [4.78, 5) is 6.86. The van der Waals surface area contributed by atoms with E-state index in [1.165, 1.54) is 4.68 Å². The quantitative estimate of drug-likeness (QED) is 0.870. The lowest BCUT2D eigenvalue weighted by Crippen LogP contribution is -2.46. The number of nitrogens with one attached hydrogen (secondary N) is 1. The van der Waals surface area contributed by atoms with Gasteiger partial charge >= 0.3 is 0 Å². The van der Waals surface area contributed by atoms with Gasteiger partial charge in [0.2, 0.25) is 0 Å². The normalized spacial score (nSPS) is 28.9. The summed E-state index contributed by atoms with van der Waals surface area (Å²) in [5.74, 6) is 1.41. The van der Waals surface area contributed by atoms with Crippen molar-refractivity contribution in [2.24, 2.45) is 5.92 Å². The van der Waals surface area contributed by atoms with Crippen LogP contribution >= 0.6 is 0 Å². The van der Waals surface area contributed by atoms with Crippen molar-refractivity contribution in [2.45, 2.75) is 44.1 Å². The fourth-order valence-corrected chi connectivity index (χ4v) is 4.72. The summed E-state index contributed by atoms with van der Waals surface area (Å²) in [6.07, 6.45) is 1.05. The molecule has 6 heterocycles. The highest BCUT2D eigenvalue weighted by Crippen LogP contribution is 2.39. The minimum absolute atomic E-state index is 0.0172. The molecule has 4 aliphatic heterocycles. The van der Waals surface area contributed by atoms with E-state index >= 15 is 0 Å². The maximum Gasteiger partial charge on any atom is 0.282 e. The molecule has 0 aliphatic carbocycles. The average Bonchev–Trinajstić information content (AvgIpc) is 3.37. The fourth-order valence-electron chi connectivity index (χ4n) is 4.72. The van der Waals surface area contributed by atoms with Crippen LogP contribution in [0, 0.1) is 5.92 Å². The highest BCUT2D eigenvalue weighted by Gasteiger charge is 2.38. The fraction of sp³-hybridized carbons (Fsp3) is 0.765. The van der Waals surface area contributed by atoms with Crippen molar-refractivity contribution in [1.82, 2.24) is 35.4 Å². The number of fused-ring (bicyclic) bond motifs is 3. The topological polar surface area (TPSA) is 84.9 Å². The minimum Gasteiger partial charge on any atom is -0.332 e. The second-order valence-corrected chi connectivity index (χ2v) is 7.75. The Balaban J connectivity index is 1.45. The predicted octanol–water partition coefficient (Wildman–Crippen LogP) is 2.00. The molecule has 0 aromatic carbocycles. The molecule has 2 bridgehead atoms. The third-order valence-electron chi connectivity index (χ3n) is 6.22. The Morgan fingerprint density at radius 1 is 1.11 bits per heavy atom. The van der Waals surface area contributed by atoms with Gasteiger partial charge in [-0.05, 0) is 57.8 Å². The van der Waals surface area contributed by atoms with E-state index in [9.17, 15) is 8.78 Å². The zero-order valence-electron chi connectivity index (χ0n) is 15.0. The number of piperidine rings is 4. The van der Waals surface area contributed by atoms with Gasteiger partial charge in [0.15, 0.2) is 11.5 Å². The number of halogens is 2. The van der Waals surface area contributed by atoms with Crippen LogP contribution in [0.4, 0.5) is 8.78 Å². The molecular weight excluding hydrogens is 356 g/mol. The van der Waals surface area contributed by atoms with Gasteiger partial charge in [-0.2, -0.15) is 4.98 Å². The molecule has 6 rings (SSSR count). The van der Waals surface area contributed by atoms with Crippen molar-refractivity contribution in [3.8, 4) is 11.6 Å². The van der Waals surface area contributed by atoms with Crippen LogP contribution in [-0.4, -0.2) is 62.8 Å². The number of hydrogen-bond donors (Lipinski definition) is 1. The molecule has 4 saturated heterocycles. The first-order valence-electron chi connectivity index (χ1n) is 9.71. The van der Waals surface area contributed by atoms with Crippen LogP contribution in [-0.2, 0) is 0 Å². The summed E-state index contributed by atoms with van der Waals surface area (Å²) >= 11 is 0. The van der Waals surface area contributed by atoms with Crippen molar-refractivity contribution < 1.29 is 13.3 Å². The van der Waals surface area contributed by atoms with Crippen LogP contribution in [0.2, 0.25) is 0 Å². The molecule has 1 N–H and O–H groups in total. The van der Waals surface area contributed by atoms with Gasteiger partial charge in [0.05, 0.1) is 6.04 Å². The molecule has 2 aromatic rings. The van der Waals surface area contributed by atoms with Gasteiger partial charge in [0.1, 0.15) is 5.69 Å². The molecule has 0 radical (unpaired) electrons. The standard InChI is InChI=1S/C17H23F2N7O/c18-15(19)14-13(22-24-26(14)11-1-5-20-6-2-11)17-21-16(23-27-17)12-9-25-7-3-10(12)4-8-25/h10-12,15,20H,1-9H2. The zero-order valence-corrected chi connectivity index (χ0v) is 15.0. The van der Waals surface area contributed by atoms with E-state index in [0.717, 1.165) is 58.4 Å². The first kappa shape index (κ1) is 17.2. The number of aromatic nitrogens is 5. The summed E-state index contributed by atoms with van der Waals surface area (Å²) in [5.41, 5.74) is -0.199. The predicted molar refractivity (Wildman–Crippen MR) is 91.3 cm³/mol. The van der Waals surface area contributed by atoms with E-state index in [4.69, 9.17) is 4.52 Å². The smallest absolute Gasteiger partial charge is 0.282 e. The molecule has 0 amide bonds. The molecule has 4 fully saturated rings. The lowest BCUT2D eigenvalue weighted by atomic mass is 9.79. The van der Waals surface area contributed by atoms with Crippen molar-refractivity contribution in [3.05, 3.63) is 11.5 Å². The van der Waals surface area contributed by atoms with E-state index in [1.54, 1.807) is 0 Å². The van der Waals surface area contributed by atoms with Crippen LogP contribution in [0.3, 0.4) is 0 Å². The third kappa shape index (κ3) is 3.04. The SMILES string of the molecule is FC(F)c1c(-c2nc(C3CN4CCC3CC4)no2)nnn1C1CCNCC1. The number of hydrogen-bond acceptors (Lipinski definition) is 7. The maximum atomic E-state index is 13.8. The van der Waals surface area contributed by atoms with E-state index in [-0.39, 0.29) is 29.2 Å². The zero-order chi connectivity index (χ0) is 18.4. The van der Waals surface area contributed by atoms with Gasteiger partial charge in [-0.25, -0.2) is 13.5 Å². The Morgan fingerprint density at radius 2 is 1.89 bits per heavy atom. The summed E-state index contributed by atoms with van der Waals surface area (Å²) in [5, 5.41) is 15.4. The Kier molecular flexibility index (Phi) is 4.39. The van der Waals surface area contributed by atoms with Crippen molar-refractivity contribution >= 4 is 0 Å². The van der Waals surface area contributed by atoms with Crippen LogP contribution in [0.15, 0.2) is 4.52 Å². The number of alkyl halides is 2. The van der Waals surface area contributed by atoms with E-state index < -0.39 is 6.43 Å².